The van der Waals surface area contributed by atoms with Gasteiger partial charge in [0.15, 0.2) is 0 Å². The first-order valence-electron chi connectivity index (χ1n) is 7.07. The summed E-state index contributed by atoms with van der Waals surface area (Å²) < 4.78 is 5.32. The molecular weight excluding hydrogens is 254 g/mol. The number of nitrogens with one attached hydrogen (secondary N) is 1. The first-order chi connectivity index (χ1) is 9.50. The maximum absolute atomic E-state index is 12.6. The molecule has 20 heavy (non-hydrogen) atoms. The lowest BCUT2D eigenvalue weighted by molar-refractivity contribution is -0.130. The lowest BCUT2D eigenvalue weighted by Gasteiger charge is -2.39. The molecule has 1 aromatic carbocycles. The zero-order valence-corrected chi connectivity index (χ0v) is 12.2. The highest BCUT2D eigenvalue weighted by atomic mass is 16.5. The minimum atomic E-state index is -0.623. The number of carbonyl (C=O) groups excluding carboxylic acids is 1. The Hall–Kier alpha value is -1.39. The molecular formula is C16H23NO3. The Balaban J connectivity index is 2.14. The van der Waals surface area contributed by atoms with Crippen molar-refractivity contribution in [1.29, 1.82) is 0 Å². The second-order valence-electron chi connectivity index (χ2n) is 6.00. The van der Waals surface area contributed by atoms with Crippen molar-refractivity contribution in [3.8, 4) is 0 Å². The first-order valence-corrected chi connectivity index (χ1v) is 7.07. The number of hydrogen-bond donors (Lipinski definition) is 2. The van der Waals surface area contributed by atoms with Gasteiger partial charge in [-0.2, -0.15) is 0 Å². The Labute approximate surface area is 120 Å². The van der Waals surface area contributed by atoms with Crippen molar-refractivity contribution in [2.24, 2.45) is 0 Å². The van der Waals surface area contributed by atoms with Crippen LogP contribution in [0.1, 0.15) is 32.3 Å². The SMILES string of the molecule is CC(C)(C(=O)NC1(CO)CCOCC1)c1ccccc1. The van der Waals surface area contributed by atoms with Crippen molar-refractivity contribution >= 4 is 5.91 Å². The quantitative estimate of drug-likeness (QED) is 0.879. The monoisotopic (exact) mass is 277 g/mol. The molecule has 1 aliphatic heterocycles. The number of hydrogen-bond acceptors (Lipinski definition) is 3. The summed E-state index contributed by atoms with van der Waals surface area (Å²) in [6, 6.07) is 9.71. The van der Waals surface area contributed by atoms with Gasteiger partial charge in [-0.25, -0.2) is 0 Å². The van der Waals surface area contributed by atoms with Crippen LogP contribution in [0.2, 0.25) is 0 Å². The van der Waals surface area contributed by atoms with Crippen molar-refractivity contribution in [2.45, 2.75) is 37.6 Å². The molecule has 2 N–H and O–H groups in total. The number of benzene rings is 1. The fourth-order valence-corrected chi connectivity index (χ4v) is 2.47. The maximum Gasteiger partial charge on any atom is 0.230 e. The number of aliphatic hydroxyl groups excluding tert-OH is 1. The zero-order chi connectivity index (χ0) is 14.6. The van der Waals surface area contributed by atoms with E-state index in [9.17, 15) is 9.90 Å². The number of aliphatic hydroxyl groups is 1. The minimum Gasteiger partial charge on any atom is -0.394 e. The molecule has 0 aliphatic carbocycles. The smallest absolute Gasteiger partial charge is 0.230 e. The molecule has 0 atom stereocenters. The molecule has 1 aliphatic rings. The van der Waals surface area contributed by atoms with E-state index in [0.29, 0.717) is 26.1 Å². The third-order valence-electron chi connectivity index (χ3n) is 4.19. The van der Waals surface area contributed by atoms with E-state index in [0.717, 1.165) is 5.56 Å². The van der Waals surface area contributed by atoms with Crippen LogP contribution in [0.5, 0.6) is 0 Å². The van der Waals surface area contributed by atoms with Crippen molar-refractivity contribution < 1.29 is 14.6 Å². The molecule has 2 rings (SSSR count). The van der Waals surface area contributed by atoms with Crippen molar-refractivity contribution in [3.05, 3.63) is 35.9 Å². The van der Waals surface area contributed by atoms with Gasteiger partial charge in [0.25, 0.3) is 0 Å². The zero-order valence-electron chi connectivity index (χ0n) is 12.2. The van der Waals surface area contributed by atoms with Crippen LogP contribution in [0.25, 0.3) is 0 Å². The molecule has 0 bridgehead atoms. The molecule has 1 saturated heterocycles. The normalized spacial score (nSPS) is 18.6. The van der Waals surface area contributed by atoms with Crippen molar-refractivity contribution in [1.82, 2.24) is 5.32 Å². The molecule has 110 valence electrons. The maximum atomic E-state index is 12.6. The summed E-state index contributed by atoms with van der Waals surface area (Å²) in [5, 5.41) is 12.7. The third kappa shape index (κ3) is 3.02. The standard InChI is InChI=1S/C16H23NO3/c1-15(2,13-6-4-3-5-7-13)14(19)17-16(12-18)8-10-20-11-9-16/h3-7,18H,8-12H2,1-2H3,(H,17,19). The van der Waals surface area contributed by atoms with E-state index in [4.69, 9.17) is 4.74 Å². The first kappa shape index (κ1) is 15.0. The van der Waals surface area contributed by atoms with Crippen LogP contribution in [0.4, 0.5) is 0 Å². The van der Waals surface area contributed by atoms with Gasteiger partial charge < -0.3 is 15.2 Å². The second-order valence-corrected chi connectivity index (χ2v) is 6.00. The topological polar surface area (TPSA) is 58.6 Å². The van der Waals surface area contributed by atoms with Crippen LogP contribution in [0, 0.1) is 0 Å². The molecule has 1 amide bonds. The summed E-state index contributed by atoms with van der Waals surface area (Å²) in [6.45, 7) is 4.91. The fourth-order valence-electron chi connectivity index (χ4n) is 2.47. The minimum absolute atomic E-state index is 0.0486. The molecule has 1 aromatic rings. The average molecular weight is 277 g/mol. The van der Waals surface area contributed by atoms with E-state index in [-0.39, 0.29) is 12.5 Å². The molecule has 1 fully saturated rings. The van der Waals surface area contributed by atoms with E-state index < -0.39 is 11.0 Å². The second kappa shape index (κ2) is 5.94. The highest BCUT2D eigenvalue weighted by molar-refractivity contribution is 5.87. The number of ether oxygens (including phenoxy) is 1. The highest BCUT2D eigenvalue weighted by Crippen LogP contribution is 2.26. The summed E-state index contributed by atoms with van der Waals surface area (Å²) in [7, 11) is 0. The molecule has 4 heteroatoms. The van der Waals surface area contributed by atoms with Gasteiger partial charge in [-0.3, -0.25) is 4.79 Å². The molecule has 0 spiro atoms. The van der Waals surface area contributed by atoms with Crippen LogP contribution in [0.15, 0.2) is 30.3 Å². The largest absolute Gasteiger partial charge is 0.394 e. The van der Waals surface area contributed by atoms with Crippen LogP contribution in [-0.4, -0.2) is 36.4 Å². The van der Waals surface area contributed by atoms with E-state index in [2.05, 4.69) is 5.32 Å². The third-order valence-corrected chi connectivity index (χ3v) is 4.19. The molecule has 0 saturated carbocycles. The summed E-state index contributed by atoms with van der Waals surface area (Å²) >= 11 is 0. The van der Waals surface area contributed by atoms with Crippen LogP contribution < -0.4 is 5.32 Å². The Morgan fingerprint density at radius 2 is 1.90 bits per heavy atom. The molecule has 1 heterocycles. The van der Waals surface area contributed by atoms with Gasteiger partial charge in [0, 0.05) is 13.2 Å². The van der Waals surface area contributed by atoms with Crippen molar-refractivity contribution in [2.75, 3.05) is 19.8 Å². The summed E-state index contributed by atoms with van der Waals surface area (Å²) in [5.74, 6) is -0.0559. The lowest BCUT2D eigenvalue weighted by Crippen LogP contribution is -2.58. The highest BCUT2D eigenvalue weighted by Gasteiger charge is 2.38. The summed E-state index contributed by atoms with van der Waals surface area (Å²) in [5.41, 5.74) is -0.194. The Bertz CT molecular complexity index is 450. The molecule has 4 nitrogen and oxygen atoms in total. The number of amides is 1. The van der Waals surface area contributed by atoms with E-state index in [1.54, 1.807) is 0 Å². The summed E-state index contributed by atoms with van der Waals surface area (Å²) in [6.07, 6.45) is 1.31. The van der Waals surface area contributed by atoms with Gasteiger partial charge >= 0.3 is 0 Å². The average Bonchev–Trinajstić information content (AvgIpc) is 2.49. The van der Waals surface area contributed by atoms with Gasteiger partial charge in [0.05, 0.1) is 17.6 Å². The van der Waals surface area contributed by atoms with Gasteiger partial charge in [0.1, 0.15) is 0 Å². The Morgan fingerprint density at radius 3 is 2.45 bits per heavy atom. The van der Waals surface area contributed by atoms with Gasteiger partial charge in [-0.1, -0.05) is 30.3 Å². The van der Waals surface area contributed by atoms with Crippen LogP contribution in [-0.2, 0) is 14.9 Å². The van der Waals surface area contributed by atoms with Gasteiger partial charge in [0.2, 0.25) is 5.91 Å². The van der Waals surface area contributed by atoms with E-state index >= 15 is 0 Å². The summed E-state index contributed by atoms with van der Waals surface area (Å²) in [4.78, 5) is 12.6. The number of carbonyl (C=O) groups is 1. The van der Waals surface area contributed by atoms with Crippen LogP contribution in [0.3, 0.4) is 0 Å². The fraction of sp³-hybridized carbons (Fsp3) is 0.562. The van der Waals surface area contributed by atoms with Crippen LogP contribution >= 0.6 is 0 Å². The Kier molecular flexibility index (Phi) is 4.45. The predicted octanol–water partition coefficient (Wildman–Crippen LogP) is 1.62. The Morgan fingerprint density at radius 1 is 1.30 bits per heavy atom. The van der Waals surface area contributed by atoms with Gasteiger partial charge in [-0.05, 0) is 32.3 Å². The van der Waals surface area contributed by atoms with E-state index in [1.165, 1.54) is 0 Å². The molecule has 0 unspecified atom stereocenters. The molecule has 0 radical (unpaired) electrons. The van der Waals surface area contributed by atoms with Crippen molar-refractivity contribution in [3.63, 3.8) is 0 Å². The lowest BCUT2D eigenvalue weighted by atomic mass is 9.81. The molecule has 0 aromatic heterocycles. The predicted molar refractivity (Wildman–Crippen MR) is 77.5 cm³/mol. The van der Waals surface area contributed by atoms with E-state index in [1.807, 2.05) is 44.2 Å². The number of rotatable bonds is 4. The van der Waals surface area contributed by atoms with Gasteiger partial charge in [-0.15, -0.1) is 0 Å².